The number of ether oxygens (including phenoxy) is 1. The summed E-state index contributed by atoms with van der Waals surface area (Å²) in [6, 6.07) is 7.41. The molecule has 3 rings (SSSR count). The molecule has 0 aliphatic carbocycles. The maximum atomic E-state index is 12.6. The number of hydrogen-bond donors (Lipinski definition) is 0. The second-order valence-corrected chi connectivity index (χ2v) is 5.15. The molecular formula is C16H15N3O5. The number of hydrogen-bond acceptors (Lipinski definition) is 6. The summed E-state index contributed by atoms with van der Waals surface area (Å²) in [6.07, 6.45) is 0. The first-order valence-electron chi connectivity index (χ1n) is 7.37. The Bertz CT molecular complexity index is 814. The lowest BCUT2D eigenvalue weighted by Gasteiger charge is -2.17. The van der Waals surface area contributed by atoms with Crippen molar-refractivity contribution in [2.45, 2.75) is 20.4 Å². The molecule has 0 bridgehead atoms. The Balaban J connectivity index is 1.92. The van der Waals surface area contributed by atoms with Crippen molar-refractivity contribution in [3.8, 4) is 5.75 Å². The highest BCUT2D eigenvalue weighted by molar-refractivity contribution is 6.52. The van der Waals surface area contributed by atoms with E-state index in [-0.39, 0.29) is 12.2 Å². The predicted octanol–water partition coefficient (Wildman–Crippen LogP) is 1.88. The third-order valence-electron chi connectivity index (χ3n) is 3.45. The van der Waals surface area contributed by atoms with E-state index >= 15 is 0 Å². The van der Waals surface area contributed by atoms with Gasteiger partial charge in [0.05, 0.1) is 24.5 Å². The second-order valence-electron chi connectivity index (χ2n) is 5.15. The SMILES string of the molecule is CCOc1ccccc1N1C(=O)C(=O)N(Cc2cc(C)no2)C1=O. The number of carbonyl (C=O) groups is 3. The molecule has 24 heavy (non-hydrogen) atoms. The van der Waals surface area contributed by atoms with E-state index in [0.717, 1.165) is 9.80 Å². The lowest BCUT2D eigenvalue weighted by Crippen LogP contribution is -2.33. The third-order valence-corrected chi connectivity index (χ3v) is 3.45. The Hall–Kier alpha value is -3.16. The van der Waals surface area contributed by atoms with Crippen LogP contribution >= 0.6 is 0 Å². The van der Waals surface area contributed by atoms with Crippen LogP contribution in [0.5, 0.6) is 5.75 Å². The molecule has 1 fully saturated rings. The zero-order valence-electron chi connectivity index (χ0n) is 13.2. The molecule has 1 aliphatic rings. The first kappa shape index (κ1) is 15.7. The molecular weight excluding hydrogens is 314 g/mol. The molecule has 2 heterocycles. The standard InChI is InChI=1S/C16H15N3O5/c1-3-23-13-7-5-4-6-12(13)19-15(21)14(20)18(16(19)22)9-11-8-10(2)17-24-11/h4-8H,3,9H2,1-2H3. The molecule has 2 aromatic rings. The van der Waals surface area contributed by atoms with Crippen LogP contribution in [0.4, 0.5) is 10.5 Å². The molecule has 124 valence electrons. The van der Waals surface area contributed by atoms with Crippen LogP contribution in [0, 0.1) is 6.92 Å². The van der Waals surface area contributed by atoms with Gasteiger partial charge in [0, 0.05) is 6.07 Å². The molecule has 0 N–H and O–H groups in total. The lowest BCUT2D eigenvalue weighted by atomic mass is 10.2. The summed E-state index contributed by atoms with van der Waals surface area (Å²) in [6.45, 7) is 3.71. The second kappa shape index (κ2) is 6.15. The zero-order chi connectivity index (χ0) is 17.3. The highest BCUT2D eigenvalue weighted by Gasteiger charge is 2.46. The maximum Gasteiger partial charge on any atom is 0.339 e. The van der Waals surface area contributed by atoms with Crippen LogP contribution in [-0.4, -0.2) is 34.5 Å². The molecule has 8 nitrogen and oxygen atoms in total. The topological polar surface area (TPSA) is 92.9 Å². The molecule has 1 saturated heterocycles. The number of nitrogens with zero attached hydrogens (tertiary/aromatic N) is 3. The number of anilines is 1. The van der Waals surface area contributed by atoms with E-state index in [4.69, 9.17) is 9.26 Å². The summed E-state index contributed by atoms with van der Waals surface area (Å²) in [5.74, 6) is -1.17. The van der Waals surface area contributed by atoms with Crippen molar-refractivity contribution in [3.05, 3.63) is 41.8 Å². The number of carbonyl (C=O) groups excluding carboxylic acids is 3. The van der Waals surface area contributed by atoms with Crippen molar-refractivity contribution < 1.29 is 23.6 Å². The highest BCUT2D eigenvalue weighted by atomic mass is 16.5. The van der Waals surface area contributed by atoms with Crippen molar-refractivity contribution in [2.24, 2.45) is 0 Å². The summed E-state index contributed by atoms with van der Waals surface area (Å²) < 4.78 is 10.4. The molecule has 1 aliphatic heterocycles. The van der Waals surface area contributed by atoms with Crippen molar-refractivity contribution in [2.75, 3.05) is 11.5 Å². The van der Waals surface area contributed by atoms with Crippen molar-refractivity contribution in [3.63, 3.8) is 0 Å². The number of aromatic nitrogens is 1. The molecule has 8 heteroatoms. The lowest BCUT2D eigenvalue weighted by molar-refractivity contribution is -0.139. The number of benzene rings is 1. The zero-order valence-corrected chi connectivity index (χ0v) is 13.2. The number of urea groups is 1. The summed E-state index contributed by atoms with van der Waals surface area (Å²) in [7, 11) is 0. The van der Waals surface area contributed by atoms with E-state index in [1.54, 1.807) is 44.2 Å². The van der Waals surface area contributed by atoms with E-state index < -0.39 is 17.8 Å². The van der Waals surface area contributed by atoms with Gasteiger partial charge in [-0.05, 0) is 26.0 Å². The third kappa shape index (κ3) is 2.62. The van der Waals surface area contributed by atoms with E-state index in [1.165, 1.54) is 0 Å². The molecule has 1 aromatic carbocycles. The summed E-state index contributed by atoms with van der Waals surface area (Å²) in [5, 5.41) is 3.70. The molecule has 0 saturated carbocycles. The quantitative estimate of drug-likeness (QED) is 0.614. The number of amides is 4. The van der Waals surface area contributed by atoms with E-state index in [1.807, 2.05) is 0 Å². The van der Waals surface area contributed by atoms with Crippen molar-refractivity contribution >= 4 is 23.5 Å². The average Bonchev–Trinajstić information content (AvgIpc) is 3.06. The molecule has 0 spiro atoms. The van der Waals surface area contributed by atoms with Gasteiger partial charge in [0.2, 0.25) is 0 Å². The molecule has 0 radical (unpaired) electrons. The van der Waals surface area contributed by atoms with Crippen LogP contribution in [0.1, 0.15) is 18.4 Å². The van der Waals surface area contributed by atoms with Crippen molar-refractivity contribution in [1.82, 2.24) is 10.1 Å². The Kier molecular flexibility index (Phi) is 4.03. The molecule has 4 amide bonds. The summed E-state index contributed by atoms with van der Waals surface area (Å²) >= 11 is 0. The smallest absolute Gasteiger partial charge is 0.339 e. The Labute approximate surface area is 137 Å². The van der Waals surface area contributed by atoms with Gasteiger partial charge in [-0.1, -0.05) is 17.3 Å². The van der Waals surface area contributed by atoms with Gasteiger partial charge in [-0.2, -0.15) is 0 Å². The minimum absolute atomic E-state index is 0.155. The van der Waals surface area contributed by atoms with Crippen LogP contribution in [0.3, 0.4) is 0 Å². The van der Waals surface area contributed by atoms with Gasteiger partial charge in [-0.25, -0.2) is 14.6 Å². The van der Waals surface area contributed by atoms with Crippen LogP contribution in [0.15, 0.2) is 34.9 Å². The number of rotatable bonds is 5. The van der Waals surface area contributed by atoms with E-state index in [9.17, 15) is 14.4 Å². The van der Waals surface area contributed by atoms with Gasteiger partial charge in [-0.3, -0.25) is 9.59 Å². The molecule has 1 aromatic heterocycles. The minimum Gasteiger partial charge on any atom is -0.492 e. The van der Waals surface area contributed by atoms with Crippen LogP contribution in [0.25, 0.3) is 0 Å². The molecule has 0 unspecified atom stereocenters. The highest BCUT2D eigenvalue weighted by Crippen LogP contribution is 2.32. The van der Waals surface area contributed by atoms with Gasteiger partial charge < -0.3 is 9.26 Å². The largest absolute Gasteiger partial charge is 0.492 e. The monoisotopic (exact) mass is 329 g/mol. The van der Waals surface area contributed by atoms with Crippen LogP contribution < -0.4 is 9.64 Å². The van der Waals surface area contributed by atoms with E-state index in [0.29, 0.717) is 23.8 Å². The number of para-hydroxylation sites is 2. The van der Waals surface area contributed by atoms with Crippen LogP contribution in [-0.2, 0) is 16.1 Å². The number of aryl methyl sites for hydroxylation is 1. The maximum absolute atomic E-state index is 12.6. The normalized spacial score (nSPS) is 14.7. The summed E-state index contributed by atoms with van der Waals surface area (Å²) in [4.78, 5) is 38.7. The van der Waals surface area contributed by atoms with E-state index in [2.05, 4.69) is 5.16 Å². The fraction of sp³-hybridized carbons (Fsp3) is 0.250. The fourth-order valence-electron chi connectivity index (χ4n) is 2.42. The Morgan fingerprint density at radius 2 is 1.92 bits per heavy atom. The van der Waals surface area contributed by atoms with Gasteiger partial charge >= 0.3 is 17.8 Å². The van der Waals surface area contributed by atoms with Gasteiger partial charge in [0.15, 0.2) is 5.76 Å². The first-order valence-corrected chi connectivity index (χ1v) is 7.37. The Morgan fingerprint density at radius 1 is 1.17 bits per heavy atom. The van der Waals surface area contributed by atoms with Crippen molar-refractivity contribution in [1.29, 1.82) is 0 Å². The first-order chi connectivity index (χ1) is 11.5. The van der Waals surface area contributed by atoms with Crippen LogP contribution in [0.2, 0.25) is 0 Å². The number of imide groups is 2. The minimum atomic E-state index is -0.927. The van der Waals surface area contributed by atoms with Gasteiger partial charge in [0.1, 0.15) is 5.75 Å². The Morgan fingerprint density at radius 3 is 2.58 bits per heavy atom. The van der Waals surface area contributed by atoms with Gasteiger partial charge in [0.25, 0.3) is 0 Å². The average molecular weight is 329 g/mol. The fourth-order valence-corrected chi connectivity index (χ4v) is 2.42. The summed E-state index contributed by atoms with van der Waals surface area (Å²) in [5.41, 5.74) is 0.855. The molecule has 0 atom stereocenters. The van der Waals surface area contributed by atoms with Gasteiger partial charge in [-0.15, -0.1) is 0 Å². The predicted molar refractivity (Wildman–Crippen MR) is 82.3 cm³/mol.